The monoisotopic (exact) mass is 498 g/mol. The predicted molar refractivity (Wildman–Crippen MR) is 128 cm³/mol. The molecule has 190 valence electrons. The van der Waals surface area contributed by atoms with E-state index < -0.39 is 29.5 Å². The molecule has 1 saturated heterocycles. The summed E-state index contributed by atoms with van der Waals surface area (Å²) >= 11 is -2.61. The minimum Gasteiger partial charge on any atom is -0.370 e. The third-order valence-corrected chi connectivity index (χ3v) is 5.27. The lowest BCUT2D eigenvalue weighted by atomic mass is 10.0. The van der Waals surface area contributed by atoms with E-state index in [1.807, 2.05) is 30.3 Å². The normalized spacial score (nSPS) is 16.7. The number of amides is 2. The first-order valence-electron chi connectivity index (χ1n) is 10.8. The zero-order chi connectivity index (χ0) is 25.5. The van der Waals surface area contributed by atoms with Gasteiger partial charge in [0, 0.05) is 13.1 Å². The molecule has 1 aromatic carbocycles. The Morgan fingerprint density at radius 3 is 2.53 bits per heavy atom. The predicted octanol–water partition coefficient (Wildman–Crippen LogP) is -0.564. The molecular weight excluding hydrogens is 464 g/mol. The molecule has 1 fully saturated rings. The second-order valence-electron chi connectivity index (χ2n) is 7.69. The van der Waals surface area contributed by atoms with Crippen molar-refractivity contribution in [1.29, 1.82) is 5.41 Å². The number of carbonyl (C=O) groups excluding carboxylic acids is 3. The van der Waals surface area contributed by atoms with Crippen LogP contribution in [0.3, 0.4) is 0 Å². The number of likely N-dealkylation sites (tertiary alicyclic amines) is 1. The first-order valence-corrected chi connectivity index (χ1v) is 11.9. The zero-order valence-corrected chi connectivity index (χ0v) is 19.9. The van der Waals surface area contributed by atoms with E-state index in [0.29, 0.717) is 45.1 Å². The van der Waals surface area contributed by atoms with E-state index in [1.54, 1.807) is 11.9 Å². The van der Waals surface area contributed by atoms with Crippen LogP contribution in [-0.4, -0.2) is 80.5 Å². The number of likely N-dealkylation sites (N-methyl/N-ethyl adjacent to an activating group) is 1. The summed E-state index contributed by atoms with van der Waals surface area (Å²) < 4.78 is 22.8. The molecule has 0 spiro atoms. The second-order valence-corrected chi connectivity index (χ2v) is 8.15. The van der Waals surface area contributed by atoms with Crippen LogP contribution < -0.4 is 21.7 Å². The van der Waals surface area contributed by atoms with Crippen LogP contribution in [0.25, 0.3) is 0 Å². The number of nitrogens with zero attached hydrogens (tertiary/aromatic N) is 1. The van der Waals surface area contributed by atoms with Gasteiger partial charge in [-0.25, -0.2) is 0 Å². The van der Waals surface area contributed by atoms with E-state index in [4.69, 9.17) is 24.5 Å². The van der Waals surface area contributed by atoms with Crippen LogP contribution in [0.1, 0.15) is 31.2 Å². The molecule has 1 aliphatic heterocycles. The van der Waals surface area contributed by atoms with Crippen molar-refractivity contribution in [3.63, 3.8) is 0 Å². The van der Waals surface area contributed by atoms with Crippen LogP contribution >= 0.6 is 0 Å². The molecule has 34 heavy (non-hydrogen) atoms. The molecule has 8 N–H and O–H groups in total. The third kappa shape index (κ3) is 10.8. The molecule has 0 bridgehead atoms. The van der Waals surface area contributed by atoms with E-state index in [2.05, 4.69) is 16.0 Å². The van der Waals surface area contributed by atoms with Crippen molar-refractivity contribution in [2.45, 2.75) is 50.2 Å². The van der Waals surface area contributed by atoms with Crippen molar-refractivity contribution in [3.8, 4) is 0 Å². The number of nitrogens with two attached hydrogens (primary N) is 1. The van der Waals surface area contributed by atoms with Gasteiger partial charge >= 0.3 is 0 Å². The maximum atomic E-state index is 13.1. The highest BCUT2D eigenvalue weighted by molar-refractivity contribution is 7.73. The van der Waals surface area contributed by atoms with Crippen molar-refractivity contribution < 1.29 is 27.7 Å². The Labute approximate surface area is 201 Å². The fourth-order valence-electron chi connectivity index (χ4n) is 3.66. The Hall–Kier alpha value is -2.87. The van der Waals surface area contributed by atoms with Crippen LogP contribution in [-0.2, 0) is 32.2 Å². The molecule has 0 unspecified atom stereocenters. The number of hydrogen-bond donors (Lipinski definition) is 7. The molecule has 3 atom stereocenters. The van der Waals surface area contributed by atoms with Gasteiger partial charge in [0.05, 0.1) is 12.1 Å². The number of aldehydes is 1. The van der Waals surface area contributed by atoms with Crippen molar-refractivity contribution >= 4 is 35.4 Å². The molecule has 2 amide bonds. The molecule has 13 heteroatoms. The van der Waals surface area contributed by atoms with Crippen LogP contribution in [0.15, 0.2) is 30.3 Å². The summed E-state index contributed by atoms with van der Waals surface area (Å²) in [7, 11) is 1.74. The Kier molecular flexibility index (Phi) is 13.6. The minimum atomic E-state index is -2.61. The fraction of sp³-hybridized carbons (Fsp3) is 0.524. The van der Waals surface area contributed by atoms with Gasteiger partial charge in [-0.2, -0.15) is 4.21 Å². The zero-order valence-electron chi connectivity index (χ0n) is 19.1. The van der Waals surface area contributed by atoms with E-state index >= 15 is 0 Å². The number of guanidine groups is 1. The first kappa shape index (κ1) is 29.2. The van der Waals surface area contributed by atoms with Gasteiger partial charge in [-0.05, 0) is 44.7 Å². The third-order valence-electron chi connectivity index (χ3n) is 5.27. The maximum Gasteiger partial charge on any atom is 0.299 e. The molecular formula is C21H34N6O6S. The largest absolute Gasteiger partial charge is 0.370 e. The summed E-state index contributed by atoms with van der Waals surface area (Å²) in [6, 6.07) is 8.13. The second kappa shape index (κ2) is 15.9. The van der Waals surface area contributed by atoms with E-state index in [9.17, 15) is 14.4 Å². The fourth-order valence-corrected chi connectivity index (χ4v) is 3.66. The Bertz CT molecular complexity index is 823. The summed E-state index contributed by atoms with van der Waals surface area (Å²) in [6.07, 6.45) is 3.59. The van der Waals surface area contributed by atoms with Gasteiger partial charge < -0.3 is 31.4 Å². The molecule has 1 aromatic rings. The first-order chi connectivity index (χ1) is 16.2. The van der Waals surface area contributed by atoms with Gasteiger partial charge in [0.25, 0.3) is 11.4 Å². The van der Waals surface area contributed by atoms with Gasteiger partial charge in [0.2, 0.25) is 11.8 Å². The van der Waals surface area contributed by atoms with Gasteiger partial charge in [-0.15, -0.1) is 0 Å². The van der Waals surface area contributed by atoms with Gasteiger partial charge in [-0.3, -0.25) is 24.1 Å². The summed E-state index contributed by atoms with van der Waals surface area (Å²) in [5.41, 5.74) is 6.27. The highest BCUT2D eigenvalue weighted by atomic mass is 32.2. The van der Waals surface area contributed by atoms with Crippen LogP contribution in [0.5, 0.6) is 0 Å². The van der Waals surface area contributed by atoms with E-state index in [1.165, 1.54) is 0 Å². The molecule has 0 aliphatic carbocycles. The van der Waals surface area contributed by atoms with Gasteiger partial charge in [0.1, 0.15) is 12.3 Å². The van der Waals surface area contributed by atoms with Crippen molar-refractivity contribution in [2.24, 2.45) is 5.73 Å². The summed E-state index contributed by atoms with van der Waals surface area (Å²) in [4.78, 5) is 38.9. The average molecular weight is 499 g/mol. The highest BCUT2D eigenvalue weighted by Crippen LogP contribution is 2.20. The minimum absolute atomic E-state index is 0.104. The number of carbonyl (C=O) groups is 3. The summed E-state index contributed by atoms with van der Waals surface area (Å²) in [6.45, 7) is 0.977. The summed E-state index contributed by atoms with van der Waals surface area (Å²) in [5, 5.41) is 15.6. The lowest BCUT2D eigenvalue weighted by Gasteiger charge is -2.29. The van der Waals surface area contributed by atoms with E-state index in [0.717, 1.165) is 12.0 Å². The lowest BCUT2D eigenvalue weighted by molar-refractivity contribution is -0.140. The topological polar surface area (TPSA) is 198 Å². The Morgan fingerprint density at radius 1 is 1.32 bits per heavy atom. The SMILES string of the molecule is CN[C@H](Cc1ccccc1)C(=O)N1CCC[C@H]1C(=O)N[C@H](C=O)CCCNC(=N)N.O=S(O)O. The Morgan fingerprint density at radius 2 is 1.97 bits per heavy atom. The van der Waals surface area contributed by atoms with Crippen LogP contribution in [0.4, 0.5) is 0 Å². The average Bonchev–Trinajstić information content (AvgIpc) is 3.29. The highest BCUT2D eigenvalue weighted by Gasteiger charge is 2.37. The lowest BCUT2D eigenvalue weighted by Crippen LogP contribution is -2.54. The Balaban J connectivity index is 0.00000133. The number of benzene rings is 1. The molecule has 1 heterocycles. The molecule has 0 radical (unpaired) electrons. The van der Waals surface area contributed by atoms with Crippen molar-refractivity contribution in [1.82, 2.24) is 20.9 Å². The van der Waals surface area contributed by atoms with Gasteiger partial charge in [-0.1, -0.05) is 30.3 Å². The molecule has 0 aromatic heterocycles. The standard InChI is InChI=1S/C21H32N6O3.H2O3S/c1-24-17(13-15-7-3-2-4-8-15)20(30)27-12-6-10-18(27)19(29)26-16(14-28)9-5-11-25-21(22)23;1-4(2)3/h2-4,7-8,14,16-18,24H,5-6,9-13H2,1H3,(H,26,29)(H4,22,23,25);(H2,1,2,3)/t16-,17+,18-;/m0./s1. The van der Waals surface area contributed by atoms with Gasteiger partial charge in [0.15, 0.2) is 5.96 Å². The molecule has 0 saturated carbocycles. The number of rotatable bonds is 11. The van der Waals surface area contributed by atoms with Crippen molar-refractivity contribution in [2.75, 3.05) is 20.1 Å². The number of hydrogen-bond acceptors (Lipinski definition) is 6. The van der Waals surface area contributed by atoms with Crippen LogP contribution in [0.2, 0.25) is 0 Å². The smallest absolute Gasteiger partial charge is 0.299 e. The van der Waals surface area contributed by atoms with E-state index in [-0.39, 0.29) is 17.8 Å². The molecule has 1 aliphatic rings. The van der Waals surface area contributed by atoms with Crippen molar-refractivity contribution in [3.05, 3.63) is 35.9 Å². The number of nitrogens with one attached hydrogen (secondary N) is 4. The molecule has 2 rings (SSSR count). The quantitative estimate of drug-likeness (QED) is 0.0687. The van der Waals surface area contributed by atoms with Crippen LogP contribution in [0, 0.1) is 5.41 Å². The maximum absolute atomic E-state index is 13.1. The summed E-state index contributed by atoms with van der Waals surface area (Å²) in [5.74, 6) is -0.532. The molecule has 12 nitrogen and oxygen atoms in total.